The Morgan fingerprint density at radius 3 is 2.32 bits per heavy atom. The number of benzene rings is 2. The van der Waals surface area contributed by atoms with Gasteiger partial charge in [-0.05, 0) is 5.56 Å². The molecule has 0 aliphatic heterocycles. The van der Waals surface area contributed by atoms with E-state index in [4.69, 9.17) is 5.73 Å². The minimum atomic E-state index is 0.169. The molecule has 4 rings (SSSR count). The highest BCUT2D eigenvalue weighted by Gasteiger charge is 2.10. The zero-order chi connectivity index (χ0) is 17.1. The first-order chi connectivity index (χ1) is 12.3. The van der Waals surface area contributed by atoms with Gasteiger partial charge in [-0.25, -0.2) is 9.97 Å². The number of nitrogens with two attached hydrogens (primary N) is 1. The molecule has 122 valence electrons. The highest BCUT2D eigenvalue weighted by atomic mass is 15.1. The quantitative estimate of drug-likeness (QED) is 0.597. The van der Waals surface area contributed by atoms with Gasteiger partial charge in [-0.3, -0.25) is 0 Å². The number of nitrogens with zero attached hydrogens (tertiary/aromatic N) is 4. The van der Waals surface area contributed by atoms with E-state index >= 15 is 0 Å². The Balaban J connectivity index is 1.70. The Morgan fingerprint density at radius 2 is 1.56 bits per heavy atom. The molecule has 3 N–H and O–H groups in total. The first-order valence-corrected chi connectivity index (χ1v) is 7.93. The highest BCUT2D eigenvalue weighted by molar-refractivity contribution is 5.84. The standard InChI is InChI=1S/C19H16N6/c20-19-24-17(22-11-13-7-3-1-4-8-13)16-18(25-19)23-15(12-21-16)14-9-5-2-6-10-14/h1-10,12H,11H2,(H3,20,22,23,24,25). The molecule has 25 heavy (non-hydrogen) atoms. The number of fused-ring (bicyclic) bond motifs is 1. The second-order valence-corrected chi connectivity index (χ2v) is 5.56. The third-order valence-corrected chi connectivity index (χ3v) is 3.80. The van der Waals surface area contributed by atoms with Gasteiger partial charge in [0.15, 0.2) is 17.0 Å². The van der Waals surface area contributed by atoms with Gasteiger partial charge in [0, 0.05) is 12.1 Å². The van der Waals surface area contributed by atoms with E-state index in [-0.39, 0.29) is 5.95 Å². The largest absolute Gasteiger partial charge is 0.368 e. The van der Waals surface area contributed by atoms with Crippen molar-refractivity contribution in [1.82, 2.24) is 19.9 Å². The lowest BCUT2D eigenvalue weighted by atomic mass is 10.2. The summed E-state index contributed by atoms with van der Waals surface area (Å²) in [5.41, 5.74) is 9.80. The van der Waals surface area contributed by atoms with Crippen LogP contribution < -0.4 is 11.1 Å². The topological polar surface area (TPSA) is 89.6 Å². The van der Waals surface area contributed by atoms with Crippen molar-refractivity contribution in [1.29, 1.82) is 0 Å². The van der Waals surface area contributed by atoms with Crippen molar-refractivity contribution in [3.63, 3.8) is 0 Å². The summed E-state index contributed by atoms with van der Waals surface area (Å²) in [5, 5.41) is 3.27. The number of hydrogen-bond donors (Lipinski definition) is 2. The smallest absolute Gasteiger partial charge is 0.224 e. The summed E-state index contributed by atoms with van der Waals surface area (Å²) in [6.07, 6.45) is 1.73. The average molecular weight is 328 g/mol. The molecule has 0 atom stereocenters. The lowest BCUT2D eigenvalue weighted by Crippen LogP contribution is -2.07. The molecule has 0 aliphatic carbocycles. The fraction of sp³-hybridized carbons (Fsp3) is 0.0526. The van der Waals surface area contributed by atoms with E-state index in [1.807, 2.05) is 60.7 Å². The molecule has 2 aromatic carbocycles. The normalized spacial score (nSPS) is 10.7. The lowest BCUT2D eigenvalue weighted by Gasteiger charge is -2.09. The Bertz CT molecular complexity index is 1000. The van der Waals surface area contributed by atoms with Gasteiger partial charge in [-0.2, -0.15) is 9.97 Å². The highest BCUT2D eigenvalue weighted by Crippen LogP contribution is 2.22. The molecule has 0 saturated heterocycles. The van der Waals surface area contributed by atoms with Crippen molar-refractivity contribution in [2.24, 2.45) is 0 Å². The van der Waals surface area contributed by atoms with Crippen molar-refractivity contribution < 1.29 is 0 Å². The van der Waals surface area contributed by atoms with Crippen LogP contribution >= 0.6 is 0 Å². The summed E-state index contributed by atoms with van der Waals surface area (Å²) >= 11 is 0. The van der Waals surface area contributed by atoms with Gasteiger partial charge < -0.3 is 11.1 Å². The van der Waals surface area contributed by atoms with Gasteiger partial charge in [0.25, 0.3) is 0 Å². The van der Waals surface area contributed by atoms with E-state index in [0.717, 1.165) is 16.8 Å². The van der Waals surface area contributed by atoms with Crippen LogP contribution in [-0.2, 0) is 6.54 Å². The predicted octanol–water partition coefficient (Wildman–Crippen LogP) is 3.28. The van der Waals surface area contributed by atoms with Crippen LogP contribution in [0.4, 0.5) is 11.8 Å². The molecule has 4 aromatic rings. The van der Waals surface area contributed by atoms with Crippen LogP contribution in [0.2, 0.25) is 0 Å². The number of nitrogens with one attached hydrogen (secondary N) is 1. The van der Waals surface area contributed by atoms with Gasteiger partial charge in [-0.1, -0.05) is 60.7 Å². The van der Waals surface area contributed by atoms with Crippen LogP contribution in [0.25, 0.3) is 22.4 Å². The molecule has 0 aliphatic rings. The van der Waals surface area contributed by atoms with E-state index in [9.17, 15) is 0 Å². The van der Waals surface area contributed by atoms with Crippen LogP contribution in [0.3, 0.4) is 0 Å². The van der Waals surface area contributed by atoms with Crippen LogP contribution in [0.1, 0.15) is 5.56 Å². The van der Waals surface area contributed by atoms with Crippen molar-refractivity contribution in [3.8, 4) is 11.3 Å². The van der Waals surface area contributed by atoms with Crippen molar-refractivity contribution in [2.45, 2.75) is 6.54 Å². The monoisotopic (exact) mass is 328 g/mol. The molecule has 2 heterocycles. The van der Waals surface area contributed by atoms with Crippen LogP contribution in [0.15, 0.2) is 66.9 Å². The van der Waals surface area contributed by atoms with E-state index in [0.29, 0.717) is 23.5 Å². The summed E-state index contributed by atoms with van der Waals surface area (Å²) in [4.78, 5) is 17.6. The Hall–Kier alpha value is -3.54. The molecule has 0 unspecified atom stereocenters. The Kier molecular flexibility index (Phi) is 3.92. The van der Waals surface area contributed by atoms with Crippen LogP contribution in [0, 0.1) is 0 Å². The van der Waals surface area contributed by atoms with Crippen LogP contribution in [0.5, 0.6) is 0 Å². The van der Waals surface area contributed by atoms with Crippen molar-refractivity contribution in [3.05, 3.63) is 72.4 Å². The molecule has 0 bridgehead atoms. The summed E-state index contributed by atoms with van der Waals surface area (Å²) in [7, 11) is 0. The molecule has 0 radical (unpaired) electrons. The molecule has 0 amide bonds. The third-order valence-electron chi connectivity index (χ3n) is 3.80. The number of nitrogen functional groups attached to an aromatic ring is 1. The fourth-order valence-corrected chi connectivity index (χ4v) is 2.58. The molecule has 0 fully saturated rings. The van der Waals surface area contributed by atoms with Crippen molar-refractivity contribution >= 4 is 22.9 Å². The zero-order valence-electron chi connectivity index (χ0n) is 13.4. The molecular formula is C19H16N6. The fourth-order valence-electron chi connectivity index (χ4n) is 2.58. The summed E-state index contributed by atoms with van der Waals surface area (Å²) in [5.74, 6) is 0.751. The minimum Gasteiger partial charge on any atom is -0.368 e. The summed E-state index contributed by atoms with van der Waals surface area (Å²) in [6, 6.07) is 19.9. The molecular weight excluding hydrogens is 312 g/mol. The second kappa shape index (κ2) is 6.52. The number of hydrogen-bond acceptors (Lipinski definition) is 6. The lowest BCUT2D eigenvalue weighted by molar-refractivity contribution is 1.09. The number of aromatic nitrogens is 4. The molecule has 6 nitrogen and oxygen atoms in total. The van der Waals surface area contributed by atoms with E-state index in [1.165, 1.54) is 0 Å². The number of rotatable bonds is 4. The summed E-state index contributed by atoms with van der Waals surface area (Å²) in [6.45, 7) is 0.620. The predicted molar refractivity (Wildman–Crippen MR) is 98.7 cm³/mol. The SMILES string of the molecule is Nc1nc(NCc2ccccc2)c2ncc(-c3ccccc3)nc2n1. The molecule has 0 spiro atoms. The van der Waals surface area contributed by atoms with Gasteiger partial charge in [0.05, 0.1) is 11.9 Å². The second-order valence-electron chi connectivity index (χ2n) is 5.56. The Morgan fingerprint density at radius 1 is 0.840 bits per heavy atom. The maximum Gasteiger partial charge on any atom is 0.224 e. The summed E-state index contributed by atoms with van der Waals surface area (Å²) < 4.78 is 0. The van der Waals surface area contributed by atoms with Gasteiger partial charge in [-0.15, -0.1) is 0 Å². The van der Waals surface area contributed by atoms with Crippen LogP contribution in [-0.4, -0.2) is 19.9 Å². The molecule has 2 aromatic heterocycles. The average Bonchev–Trinajstić information content (AvgIpc) is 2.67. The first-order valence-electron chi connectivity index (χ1n) is 7.93. The third kappa shape index (κ3) is 3.23. The van der Waals surface area contributed by atoms with Crippen molar-refractivity contribution in [2.75, 3.05) is 11.1 Å². The van der Waals surface area contributed by atoms with Gasteiger partial charge in [0.2, 0.25) is 5.95 Å². The minimum absolute atomic E-state index is 0.169. The Labute approximate surface area is 144 Å². The molecule has 6 heteroatoms. The maximum absolute atomic E-state index is 5.85. The zero-order valence-corrected chi connectivity index (χ0v) is 13.4. The molecule has 0 saturated carbocycles. The first kappa shape index (κ1) is 15.0. The number of anilines is 2. The maximum atomic E-state index is 5.85. The van der Waals surface area contributed by atoms with E-state index in [1.54, 1.807) is 6.20 Å². The van der Waals surface area contributed by atoms with E-state index < -0.39 is 0 Å². The van der Waals surface area contributed by atoms with E-state index in [2.05, 4.69) is 25.3 Å². The van der Waals surface area contributed by atoms with Gasteiger partial charge in [0.1, 0.15) is 0 Å². The van der Waals surface area contributed by atoms with Gasteiger partial charge >= 0.3 is 0 Å².